The molecule has 1 aromatic heterocycles. The van der Waals surface area contributed by atoms with Gasteiger partial charge < -0.3 is 10.2 Å². The molecule has 2 N–H and O–H groups in total. The molecule has 12 heavy (non-hydrogen) atoms. The molecule has 0 saturated heterocycles. The number of nitrogens with two attached hydrogens (primary N) is 1. The van der Waals surface area contributed by atoms with Crippen molar-refractivity contribution < 1.29 is 4.42 Å². The van der Waals surface area contributed by atoms with Crippen LogP contribution in [0.1, 0.15) is 24.3 Å². The molecule has 3 nitrogen and oxygen atoms in total. The quantitative estimate of drug-likeness (QED) is 0.628. The van der Waals surface area contributed by atoms with Gasteiger partial charge in [0, 0.05) is 18.9 Å². The summed E-state index contributed by atoms with van der Waals surface area (Å²) in [6.45, 7) is 3.83. The van der Waals surface area contributed by atoms with Crippen molar-refractivity contribution in [3.8, 4) is 0 Å². The van der Waals surface area contributed by atoms with E-state index in [1.807, 2.05) is 26.0 Å². The topological polar surface area (TPSA) is 52.0 Å². The second-order valence-electron chi connectivity index (χ2n) is 3.56. The zero-order valence-corrected chi connectivity index (χ0v) is 7.29. The Morgan fingerprint density at radius 3 is 3.17 bits per heavy atom. The van der Waals surface area contributed by atoms with Crippen LogP contribution in [0.15, 0.2) is 10.5 Å². The van der Waals surface area contributed by atoms with E-state index in [-0.39, 0.29) is 5.54 Å². The fourth-order valence-corrected chi connectivity index (χ4v) is 1.43. The highest BCUT2D eigenvalue weighted by atomic mass is 16.4. The zero-order valence-electron chi connectivity index (χ0n) is 7.29. The monoisotopic (exact) mass is 164 g/mol. The number of aryl methyl sites for hydroxylation is 1. The Morgan fingerprint density at radius 2 is 2.42 bits per heavy atom. The Balaban J connectivity index is 2.45. The Morgan fingerprint density at radius 1 is 1.67 bits per heavy atom. The van der Waals surface area contributed by atoms with Gasteiger partial charge in [-0.3, -0.25) is 0 Å². The fourth-order valence-electron chi connectivity index (χ4n) is 1.43. The molecule has 1 atom stereocenters. The Labute approximate surface area is 71.3 Å². The summed E-state index contributed by atoms with van der Waals surface area (Å²) in [5, 5.41) is 0. The summed E-state index contributed by atoms with van der Waals surface area (Å²) in [6.07, 6.45) is 4.62. The van der Waals surface area contributed by atoms with E-state index in [0.717, 1.165) is 17.9 Å². The summed E-state index contributed by atoms with van der Waals surface area (Å²) >= 11 is 0. The van der Waals surface area contributed by atoms with Crippen molar-refractivity contribution in [3.63, 3.8) is 0 Å². The highest BCUT2D eigenvalue weighted by Gasteiger charge is 2.24. The molecular formula is C9H12N2O. The molecule has 0 aliphatic heterocycles. The van der Waals surface area contributed by atoms with E-state index in [2.05, 4.69) is 4.98 Å². The number of nitrogens with zero attached hydrogens (tertiary/aromatic N) is 1. The van der Waals surface area contributed by atoms with E-state index < -0.39 is 0 Å². The first-order valence-electron chi connectivity index (χ1n) is 4.01. The Hall–Kier alpha value is -1.09. The van der Waals surface area contributed by atoms with Gasteiger partial charge in [-0.15, -0.1) is 0 Å². The average Bonchev–Trinajstić information content (AvgIpc) is 2.26. The van der Waals surface area contributed by atoms with E-state index >= 15 is 0 Å². The predicted molar refractivity (Wildman–Crippen MR) is 46.6 cm³/mol. The average molecular weight is 164 g/mol. The molecule has 0 radical (unpaired) electrons. The van der Waals surface area contributed by atoms with Crippen molar-refractivity contribution in [1.82, 2.24) is 4.98 Å². The molecule has 1 aliphatic carbocycles. The van der Waals surface area contributed by atoms with Gasteiger partial charge in [0.25, 0.3) is 0 Å². The van der Waals surface area contributed by atoms with Gasteiger partial charge in [-0.1, -0.05) is 6.08 Å². The molecule has 1 aliphatic rings. The molecule has 0 bridgehead atoms. The number of fused-ring (bicyclic) bond motifs is 1. The van der Waals surface area contributed by atoms with Crippen molar-refractivity contribution in [2.75, 3.05) is 0 Å². The van der Waals surface area contributed by atoms with Crippen LogP contribution in [0.2, 0.25) is 0 Å². The summed E-state index contributed by atoms with van der Waals surface area (Å²) in [5.74, 6) is 1.57. The first-order valence-corrected chi connectivity index (χ1v) is 4.01. The van der Waals surface area contributed by atoms with Gasteiger partial charge in [0.2, 0.25) is 0 Å². The molecule has 0 aromatic carbocycles. The molecular weight excluding hydrogens is 152 g/mol. The second-order valence-corrected chi connectivity index (χ2v) is 3.56. The van der Waals surface area contributed by atoms with Gasteiger partial charge in [0.15, 0.2) is 5.89 Å². The van der Waals surface area contributed by atoms with Crippen molar-refractivity contribution in [2.45, 2.75) is 25.8 Å². The van der Waals surface area contributed by atoms with Crippen LogP contribution in [0.25, 0.3) is 6.08 Å². The summed E-state index contributed by atoms with van der Waals surface area (Å²) in [7, 11) is 0. The lowest BCUT2D eigenvalue weighted by Gasteiger charge is -2.21. The SMILES string of the molecule is Cc1nc2c(o1)C=CC(C)(N)C2. The molecule has 3 heteroatoms. The van der Waals surface area contributed by atoms with Crippen LogP contribution in [0.5, 0.6) is 0 Å². The van der Waals surface area contributed by atoms with Crippen LogP contribution in [-0.2, 0) is 6.42 Å². The summed E-state index contributed by atoms with van der Waals surface area (Å²) < 4.78 is 5.35. The largest absolute Gasteiger partial charge is 0.441 e. The van der Waals surface area contributed by atoms with Gasteiger partial charge in [-0.05, 0) is 13.0 Å². The minimum Gasteiger partial charge on any atom is -0.441 e. The molecule has 1 heterocycles. The van der Waals surface area contributed by atoms with Crippen LogP contribution in [0.3, 0.4) is 0 Å². The molecule has 1 unspecified atom stereocenters. The van der Waals surface area contributed by atoms with Crippen molar-refractivity contribution in [2.24, 2.45) is 5.73 Å². The van der Waals surface area contributed by atoms with Crippen molar-refractivity contribution >= 4 is 6.08 Å². The smallest absolute Gasteiger partial charge is 0.192 e. The van der Waals surface area contributed by atoms with E-state index in [0.29, 0.717) is 5.89 Å². The van der Waals surface area contributed by atoms with E-state index in [1.165, 1.54) is 0 Å². The first-order chi connectivity index (χ1) is 5.57. The maximum absolute atomic E-state index is 5.93. The van der Waals surface area contributed by atoms with Crippen LogP contribution in [-0.4, -0.2) is 10.5 Å². The minimum absolute atomic E-state index is 0.268. The lowest BCUT2D eigenvalue weighted by atomic mass is 9.92. The van der Waals surface area contributed by atoms with E-state index in [4.69, 9.17) is 10.2 Å². The maximum atomic E-state index is 5.93. The lowest BCUT2D eigenvalue weighted by molar-refractivity contribution is 0.502. The van der Waals surface area contributed by atoms with Gasteiger partial charge in [0.05, 0.1) is 5.69 Å². The van der Waals surface area contributed by atoms with Crippen LogP contribution >= 0.6 is 0 Å². The number of hydrogen-bond acceptors (Lipinski definition) is 3. The third-order valence-electron chi connectivity index (χ3n) is 2.00. The molecule has 64 valence electrons. The summed E-state index contributed by atoms with van der Waals surface area (Å²) in [4.78, 5) is 4.25. The first kappa shape index (κ1) is 7.55. The second kappa shape index (κ2) is 2.20. The molecule has 0 fully saturated rings. The number of oxazole rings is 1. The number of hydrogen-bond donors (Lipinski definition) is 1. The maximum Gasteiger partial charge on any atom is 0.192 e. The molecule has 1 aromatic rings. The standard InChI is InChI=1S/C9H12N2O/c1-6-11-7-5-9(2,10)4-3-8(7)12-6/h3-4H,5,10H2,1-2H3. The van der Waals surface area contributed by atoms with Gasteiger partial charge in [0.1, 0.15) is 5.76 Å². The Kier molecular flexibility index (Phi) is 1.38. The van der Waals surface area contributed by atoms with E-state index in [9.17, 15) is 0 Å². The minimum atomic E-state index is -0.268. The third kappa shape index (κ3) is 1.16. The van der Waals surface area contributed by atoms with Crippen LogP contribution in [0.4, 0.5) is 0 Å². The highest BCUT2D eigenvalue weighted by molar-refractivity contribution is 5.51. The molecule has 0 saturated carbocycles. The van der Waals surface area contributed by atoms with Crippen molar-refractivity contribution in [1.29, 1.82) is 0 Å². The van der Waals surface area contributed by atoms with Crippen molar-refractivity contribution in [3.05, 3.63) is 23.4 Å². The molecule has 0 spiro atoms. The molecule has 2 rings (SSSR count). The van der Waals surface area contributed by atoms with Gasteiger partial charge >= 0.3 is 0 Å². The fraction of sp³-hybridized carbons (Fsp3) is 0.444. The summed E-state index contributed by atoms with van der Waals surface area (Å²) in [6, 6.07) is 0. The van der Waals surface area contributed by atoms with Gasteiger partial charge in [-0.2, -0.15) is 0 Å². The third-order valence-corrected chi connectivity index (χ3v) is 2.00. The normalized spacial score (nSPS) is 27.2. The molecule has 0 amide bonds. The lowest BCUT2D eigenvalue weighted by Crippen LogP contribution is -2.37. The van der Waals surface area contributed by atoms with Crippen LogP contribution in [0, 0.1) is 6.92 Å². The predicted octanol–water partition coefficient (Wildman–Crippen LogP) is 1.27. The summed E-state index contributed by atoms with van der Waals surface area (Å²) in [5.41, 5.74) is 6.64. The number of rotatable bonds is 0. The zero-order chi connectivity index (χ0) is 8.77. The highest BCUT2D eigenvalue weighted by Crippen LogP contribution is 2.23. The number of aromatic nitrogens is 1. The van der Waals surface area contributed by atoms with Gasteiger partial charge in [-0.25, -0.2) is 4.98 Å². The van der Waals surface area contributed by atoms with E-state index in [1.54, 1.807) is 0 Å². The van der Waals surface area contributed by atoms with Crippen LogP contribution < -0.4 is 5.73 Å². The Bertz CT molecular complexity index is 336.